The maximum absolute atomic E-state index is 13.3. The van der Waals surface area contributed by atoms with Crippen LogP contribution in [0.4, 0.5) is 23.2 Å². The Balaban J connectivity index is 1.98. The Morgan fingerprint density at radius 2 is 2.05 bits per heavy atom. The molecule has 0 saturated carbocycles. The third-order valence-electron chi connectivity index (χ3n) is 2.47. The van der Waals surface area contributed by atoms with Crippen LogP contribution in [0.25, 0.3) is 0 Å². The second-order valence-corrected chi connectivity index (χ2v) is 3.91. The second kappa shape index (κ2) is 5.73. The van der Waals surface area contributed by atoms with Gasteiger partial charge in [-0.3, -0.25) is 4.68 Å². The van der Waals surface area contributed by atoms with Crippen LogP contribution >= 0.6 is 0 Å². The molecule has 0 radical (unpaired) electrons. The number of alkyl halides is 2. The zero-order valence-electron chi connectivity index (χ0n) is 9.78. The maximum Gasteiger partial charge on any atom is 0.257 e. The lowest BCUT2D eigenvalue weighted by Gasteiger charge is -2.05. The smallest absolute Gasteiger partial charge is 0.257 e. The van der Waals surface area contributed by atoms with Gasteiger partial charge >= 0.3 is 0 Å². The molecule has 0 amide bonds. The summed E-state index contributed by atoms with van der Waals surface area (Å²) in [6.07, 6.45) is 0.233. The molecule has 0 saturated heterocycles. The molecule has 0 bridgehead atoms. The van der Waals surface area contributed by atoms with Crippen molar-refractivity contribution in [1.29, 1.82) is 0 Å². The van der Waals surface area contributed by atoms with Crippen LogP contribution in [0, 0.1) is 11.6 Å². The van der Waals surface area contributed by atoms with Gasteiger partial charge in [0.25, 0.3) is 6.43 Å². The number of aromatic nitrogens is 2. The molecule has 0 unspecified atom stereocenters. The van der Waals surface area contributed by atoms with E-state index in [1.54, 1.807) is 0 Å². The first kappa shape index (κ1) is 13.4. The molecule has 1 aromatic carbocycles. The maximum atomic E-state index is 13.3. The lowest BCUT2D eigenvalue weighted by atomic mass is 10.2. The van der Waals surface area contributed by atoms with Crippen molar-refractivity contribution in [3.8, 4) is 0 Å². The zero-order valence-corrected chi connectivity index (χ0v) is 9.78. The van der Waals surface area contributed by atoms with Gasteiger partial charge in [-0.1, -0.05) is 12.1 Å². The van der Waals surface area contributed by atoms with Gasteiger partial charge in [0.15, 0.2) is 11.6 Å². The number of nitrogens with one attached hydrogen (secondary N) is 1. The topological polar surface area (TPSA) is 29.9 Å². The molecule has 2 aromatic rings. The molecule has 0 aliphatic carbocycles. The van der Waals surface area contributed by atoms with Gasteiger partial charge in [-0.2, -0.15) is 5.10 Å². The minimum atomic E-state index is -2.49. The summed E-state index contributed by atoms with van der Waals surface area (Å²) < 4.78 is 51.6. The first-order valence-corrected chi connectivity index (χ1v) is 5.53. The number of rotatable bonds is 5. The fraction of sp³-hybridized carbons (Fsp3) is 0.250. The largest absolute Gasteiger partial charge is 0.378 e. The molecule has 1 aromatic heterocycles. The first-order chi connectivity index (χ1) is 9.06. The lowest BCUT2D eigenvalue weighted by Crippen LogP contribution is -2.06. The Morgan fingerprint density at radius 1 is 1.26 bits per heavy atom. The summed E-state index contributed by atoms with van der Waals surface area (Å²) in [5.74, 6) is -1.84. The predicted octanol–water partition coefficient (Wildman–Crippen LogP) is 3.04. The van der Waals surface area contributed by atoms with Gasteiger partial charge in [-0.15, -0.1) is 0 Å². The van der Waals surface area contributed by atoms with Gasteiger partial charge in [0, 0.05) is 18.3 Å². The van der Waals surface area contributed by atoms with Crippen molar-refractivity contribution in [2.24, 2.45) is 0 Å². The van der Waals surface area contributed by atoms with Crippen LogP contribution in [0.3, 0.4) is 0 Å². The minimum Gasteiger partial charge on any atom is -0.378 e. The quantitative estimate of drug-likeness (QED) is 0.849. The number of hydrogen-bond acceptors (Lipinski definition) is 2. The highest BCUT2D eigenvalue weighted by Gasteiger charge is 2.08. The van der Waals surface area contributed by atoms with Crippen LogP contribution in [0.2, 0.25) is 0 Å². The highest BCUT2D eigenvalue weighted by molar-refractivity contribution is 5.39. The molecule has 0 fully saturated rings. The van der Waals surface area contributed by atoms with E-state index < -0.39 is 24.6 Å². The van der Waals surface area contributed by atoms with Crippen LogP contribution in [-0.4, -0.2) is 16.2 Å². The van der Waals surface area contributed by atoms with E-state index in [0.29, 0.717) is 5.69 Å². The van der Waals surface area contributed by atoms with E-state index in [1.807, 2.05) is 0 Å². The van der Waals surface area contributed by atoms with Crippen molar-refractivity contribution in [2.45, 2.75) is 19.5 Å². The lowest BCUT2D eigenvalue weighted by molar-refractivity contribution is 0.122. The molecule has 0 aliphatic rings. The number of halogens is 4. The second-order valence-electron chi connectivity index (χ2n) is 3.91. The predicted molar refractivity (Wildman–Crippen MR) is 61.9 cm³/mol. The molecular formula is C12H11F4N3. The van der Waals surface area contributed by atoms with Crippen LogP contribution in [-0.2, 0) is 13.1 Å². The first-order valence-electron chi connectivity index (χ1n) is 5.53. The van der Waals surface area contributed by atoms with E-state index in [0.717, 1.165) is 10.7 Å². The Hall–Kier alpha value is -2.05. The van der Waals surface area contributed by atoms with Crippen LogP contribution in [0.15, 0.2) is 30.6 Å². The summed E-state index contributed by atoms with van der Waals surface area (Å²) in [7, 11) is 0. The van der Waals surface area contributed by atoms with E-state index in [2.05, 4.69) is 10.4 Å². The molecule has 102 valence electrons. The molecule has 0 atom stereocenters. The van der Waals surface area contributed by atoms with E-state index >= 15 is 0 Å². The van der Waals surface area contributed by atoms with E-state index in [4.69, 9.17) is 0 Å². The standard InChI is InChI=1S/C12H11F4N3/c13-10-3-1-2-8(12(10)16)4-17-9-5-18-19(6-9)7-11(14)15/h1-3,5-6,11,17H,4,7H2. The third kappa shape index (κ3) is 3.46. The molecule has 0 spiro atoms. The van der Waals surface area contributed by atoms with Gasteiger partial charge in [0.2, 0.25) is 0 Å². The minimum absolute atomic E-state index is 0.0456. The molecule has 1 N–H and O–H groups in total. The Kier molecular flexibility index (Phi) is 4.03. The van der Waals surface area contributed by atoms with Gasteiger partial charge in [-0.25, -0.2) is 17.6 Å². The summed E-state index contributed by atoms with van der Waals surface area (Å²) in [6.45, 7) is -0.458. The van der Waals surface area contributed by atoms with Crippen LogP contribution in [0.1, 0.15) is 5.56 Å². The SMILES string of the molecule is Fc1cccc(CNc2cnn(CC(F)F)c2)c1F. The highest BCUT2D eigenvalue weighted by atomic mass is 19.3. The normalized spacial score (nSPS) is 11.0. The fourth-order valence-corrected chi connectivity index (χ4v) is 1.58. The van der Waals surface area contributed by atoms with E-state index in [1.165, 1.54) is 24.5 Å². The zero-order chi connectivity index (χ0) is 13.8. The van der Waals surface area contributed by atoms with Crippen molar-refractivity contribution in [3.63, 3.8) is 0 Å². The van der Waals surface area contributed by atoms with Crippen LogP contribution in [0.5, 0.6) is 0 Å². The fourth-order valence-electron chi connectivity index (χ4n) is 1.58. The Morgan fingerprint density at radius 3 is 2.79 bits per heavy atom. The van der Waals surface area contributed by atoms with Crippen molar-refractivity contribution < 1.29 is 17.6 Å². The summed E-state index contributed by atoms with van der Waals surface area (Å²) >= 11 is 0. The van der Waals surface area contributed by atoms with Crippen molar-refractivity contribution in [3.05, 3.63) is 47.8 Å². The molecule has 3 nitrogen and oxygen atoms in total. The molecule has 2 rings (SSSR count). The Bertz CT molecular complexity index is 554. The number of hydrogen-bond donors (Lipinski definition) is 1. The van der Waals surface area contributed by atoms with Gasteiger partial charge in [-0.05, 0) is 6.07 Å². The van der Waals surface area contributed by atoms with E-state index in [-0.39, 0.29) is 12.1 Å². The van der Waals surface area contributed by atoms with Gasteiger partial charge in [0.05, 0.1) is 11.9 Å². The molecular weight excluding hydrogens is 262 g/mol. The van der Waals surface area contributed by atoms with Gasteiger partial charge < -0.3 is 5.32 Å². The molecule has 0 aliphatic heterocycles. The molecule has 19 heavy (non-hydrogen) atoms. The Labute approximate surface area is 106 Å². The summed E-state index contributed by atoms with van der Waals surface area (Å²) in [5.41, 5.74) is 0.617. The average molecular weight is 273 g/mol. The van der Waals surface area contributed by atoms with Gasteiger partial charge in [0.1, 0.15) is 6.54 Å². The molecule has 7 heteroatoms. The van der Waals surface area contributed by atoms with E-state index in [9.17, 15) is 17.6 Å². The number of benzene rings is 1. The van der Waals surface area contributed by atoms with Crippen LogP contribution < -0.4 is 5.32 Å². The number of nitrogens with zero attached hydrogens (tertiary/aromatic N) is 2. The molecule has 1 heterocycles. The third-order valence-corrected chi connectivity index (χ3v) is 2.47. The van der Waals surface area contributed by atoms with Crippen molar-refractivity contribution in [2.75, 3.05) is 5.32 Å². The summed E-state index contributed by atoms with van der Waals surface area (Å²) in [6, 6.07) is 3.87. The number of anilines is 1. The highest BCUT2D eigenvalue weighted by Crippen LogP contribution is 2.14. The summed E-state index contributed by atoms with van der Waals surface area (Å²) in [4.78, 5) is 0. The average Bonchev–Trinajstić information content (AvgIpc) is 2.78. The van der Waals surface area contributed by atoms with Crippen molar-refractivity contribution >= 4 is 5.69 Å². The monoisotopic (exact) mass is 273 g/mol. The van der Waals surface area contributed by atoms with Crippen molar-refractivity contribution in [1.82, 2.24) is 9.78 Å². The summed E-state index contributed by atoms with van der Waals surface area (Å²) in [5, 5.41) is 6.50.